The van der Waals surface area contributed by atoms with Gasteiger partial charge in [0.2, 0.25) is 0 Å². The minimum Gasteiger partial charge on any atom is -0.388 e. The fraction of sp³-hybridized carbons (Fsp3) is 0.900. The van der Waals surface area contributed by atoms with Crippen LogP contribution < -0.4 is 5.73 Å². The first-order chi connectivity index (χ1) is 7.91. The van der Waals surface area contributed by atoms with Gasteiger partial charge in [0.15, 0.2) is 9.84 Å². The fourth-order valence-electron chi connectivity index (χ4n) is 1.25. The topological polar surface area (TPSA) is 96.5 Å². The summed E-state index contributed by atoms with van der Waals surface area (Å²) < 4.78 is 27.7. The van der Waals surface area contributed by atoms with Crippen LogP contribution in [0.2, 0.25) is 0 Å². The Morgan fingerprint density at radius 2 is 2.00 bits per heavy atom. The first kappa shape index (κ1) is 16.3. The van der Waals surface area contributed by atoms with Crippen LogP contribution in [0.3, 0.4) is 0 Å². The second kappa shape index (κ2) is 8.43. The number of hydrogen-bond acceptors (Lipinski definition) is 5. The number of ether oxygens (including phenoxy) is 1. The molecule has 0 atom stereocenters. The molecule has 0 rings (SSSR count). The van der Waals surface area contributed by atoms with Crippen LogP contribution >= 0.6 is 0 Å². The van der Waals surface area contributed by atoms with E-state index in [0.29, 0.717) is 32.7 Å². The lowest BCUT2D eigenvalue weighted by Crippen LogP contribution is -2.35. The van der Waals surface area contributed by atoms with Crippen molar-refractivity contribution in [3.63, 3.8) is 0 Å². The third-order valence-electron chi connectivity index (χ3n) is 2.47. The van der Waals surface area contributed by atoms with Crippen LogP contribution in [0, 0.1) is 5.41 Å². The summed E-state index contributed by atoms with van der Waals surface area (Å²) >= 11 is 0. The average Bonchev–Trinajstić information content (AvgIpc) is 2.28. The first-order valence-electron chi connectivity index (χ1n) is 5.66. The van der Waals surface area contributed by atoms with Gasteiger partial charge in [-0.3, -0.25) is 10.3 Å². The van der Waals surface area contributed by atoms with Gasteiger partial charge < -0.3 is 10.5 Å². The Bertz CT molecular complexity index is 317. The molecule has 3 N–H and O–H groups in total. The Balaban J connectivity index is 4.13. The summed E-state index contributed by atoms with van der Waals surface area (Å²) in [5.41, 5.74) is 5.28. The maximum atomic E-state index is 11.4. The van der Waals surface area contributed by atoms with Crippen LogP contribution in [0.25, 0.3) is 0 Å². The van der Waals surface area contributed by atoms with E-state index in [1.807, 2.05) is 4.90 Å². The Hall–Kier alpha value is -0.660. The second-order valence-corrected chi connectivity index (χ2v) is 6.32. The number of amidine groups is 1. The molecule has 0 heterocycles. The number of nitrogens with one attached hydrogen (secondary N) is 1. The van der Waals surface area contributed by atoms with Gasteiger partial charge in [0.1, 0.15) is 0 Å². The quantitative estimate of drug-likeness (QED) is 0.417. The Kier molecular flexibility index (Phi) is 8.11. The van der Waals surface area contributed by atoms with Gasteiger partial charge in [-0.05, 0) is 0 Å². The van der Waals surface area contributed by atoms with Crippen molar-refractivity contribution in [2.24, 2.45) is 5.73 Å². The monoisotopic (exact) mass is 265 g/mol. The molecule has 0 spiro atoms. The normalized spacial score (nSPS) is 11.9. The van der Waals surface area contributed by atoms with Crippen LogP contribution in [0.5, 0.6) is 0 Å². The highest BCUT2D eigenvalue weighted by Crippen LogP contribution is 1.96. The van der Waals surface area contributed by atoms with E-state index < -0.39 is 9.84 Å². The number of sulfone groups is 1. The molecule has 0 aliphatic rings. The fourth-order valence-corrected chi connectivity index (χ4v) is 2.07. The molecule has 0 saturated heterocycles. The van der Waals surface area contributed by atoms with E-state index in [9.17, 15) is 8.42 Å². The average molecular weight is 265 g/mol. The van der Waals surface area contributed by atoms with Crippen molar-refractivity contribution in [3.8, 4) is 0 Å². The third-order valence-corrected chi connectivity index (χ3v) is 4.15. The summed E-state index contributed by atoms with van der Waals surface area (Å²) in [4.78, 5) is 1.96. The van der Waals surface area contributed by atoms with E-state index >= 15 is 0 Å². The van der Waals surface area contributed by atoms with Crippen molar-refractivity contribution in [1.29, 1.82) is 5.41 Å². The molecule has 0 bridgehead atoms. The Labute approximate surface area is 104 Å². The molecule has 6 nitrogen and oxygen atoms in total. The molecule has 17 heavy (non-hydrogen) atoms. The van der Waals surface area contributed by atoms with Gasteiger partial charge in [0.05, 0.1) is 18.2 Å². The molecule has 7 heteroatoms. The van der Waals surface area contributed by atoms with Crippen molar-refractivity contribution in [2.75, 3.05) is 44.9 Å². The second-order valence-electron chi connectivity index (χ2n) is 3.85. The lowest BCUT2D eigenvalue weighted by molar-refractivity contribution is 0.153. The lowest BCUT2D eigenvalue weighted by atomic mass is 10.3. The summed E-state index contributed by atoms with van der Waals surface area (Å²) in [7, 11) is -1.34. The first-order valence-corrected chi connectivity index (χ1v) is 7.48. The van der Waals surface area contributed by atoms with Crippen LogP contribution in [0.1, 0.15) is 13.3 Å². The third kappa shape index (κ3) is 9.08. The number of hydrogen-bond donors (Lipinski definition) is 2. The molecule has 102 valence electrons. The maximum Gasteiger partial charge on any atom is 0.151 e. The molecule has 0 amide bonds. The molecular formula is C10H23N3O3S. The van der Waals surface area contributed by atoms with E-state index in [1.165, 1.54) is 0 Å². The number of rotatable bonds is 10. The Morgan fingerprint density at radius 3 is 2.47 bits per heavy atom. The SMILES string of the molecule is CCS(=O)(=O)CCN(CCOC)CCC(=N)N. The molecule has 0 radical (unpaired) electrons. The van der Waals surface area contributed by atoms with Crippen molar-refractivity contribution in [3.05, 3.63) is 0 Å². The highest BCUT2D eigenvalue weighted by molar-refractivity contribution is 7.91. The summed E-state index contributed by atoms with van der Waals surface area (Å²) in [5.74, 6) is 0.425. The zero-order valence-electron chi connectivity index (χ0n) is 10.6. The molecule has 0 fully saturated rings. The van der Waals surface area contributed by atoms with Crippen LogP contribution in [-0.4, -0.2) is 64.0 Å². The van der Waals surface area contributed by atoms with E-state index in [0.717, 1.165) is 0 Å². The van der Waals surface area contributed by atoms with E-state index in [1.54, 1.807) is 14.0 Å². The maximum absolute atomic E-state index is 11.4. The summed E-state index contributed by atoms with van der Waals surface area (Å²) in [6.07, 6.45) is 0.454. The van der Waals surface area contributed by atoms with Gasteiger partial charge in [0, 0.05) is 38.9 Å². The van der Waals surface area contributed by atoms with Crippen molar-refractivity contribution >= 4 is 15.7 Å². The van der Waals surface area contributed by atoms with Gasteiger partial charge in [-0.25, -0.2) is 8.42 Å². The number of nitrogens with zero attached hydrogens (tertiary/aromatic N) is 1. The highest BCUT2D eigenvalue weighted by Gasteiger charge is 2.11. The van der Waals surface area contributed by atoms with Gasteiger partial charge in [0.25, 0.3) is 0 Å². The predicted molar refractivity (Wildman–Crippen MR) is 69.2 cm³/mol. The summed E-state index contributed by atoms with van der Waals surface area (Å²) in [5, 5.41) is 7.16. The molecule has 0 aliphatic heterocycles. The summed E-state index contributed by atoms with van der Waals surface area (Å²) in [6, 6.07) is 0. The number of methoxy groups -OCH3 is 1. The van der Waals surface area contributed by atoms with Gasteiger partial charge in [-0.15, -0.1) is 0 Å². The van der Waals surface area contributed by atoms with Gasteiger partial charge in [-0.1, -0.05) is 6.92 Å². The zero-order valence-corrected chi connectivity index (χ0v) is 11.4. The van der Waals surface area contributed by atoms with Crippen LogP contribution in [0.15, 0.2) is 0 Å². The smallest absolute Gasteiger partial charge is 0.151 e. The van der Waals surface area contributed by atoms with E-state index in [4.69, 9.17) is 15.9 Å². The molecule has 0 aromatic rings. The lowest BCUT2D eigenvalue weighted by Gasteiger charge is -2.21. The molecule has 0 aromatic carbocycles. The molecule has 0 aromatic heterocycles. The van der Waals surface area contributed by atoms with Crippen LogP contribution in [0.4, 0.5) is 0 Å². The largest absolute Gasteiger partial charge is 0.388 e. The highest BCUT2D eigenvalue weighted by atomic mass is 32.2. The van der Waals surface area contributed by atoms with E-state index in [2.05, 4.69) is 0 Å². The summed E-state index contributed by atoms with van der Waals surface area (Å²) in [6.45, 7) is 3.90. The van der Waals surface area contributed by atoms with Crippen molar-refractivity contribution in [1.82, 2.24) is 4.90 Å². The standard InChI is InChI=1S/C10H23N3O3S/c1-3-17(14,15)9-7-13(6-8-16-2)5-4-10(11)12/h3-9H2,1-2H3,(H3,11,12). The minimum atomic E-state index is -2.95. The minimum absolute atomic E-state index is 0.116. The van der Waals surface area contributed by atoms with E-state index in [-0.39, 0.29) is 17.3 Å². The Morgan fingerprint density at radius 1 is 1.35 bits per heavy atom. The van der Waals surface area contributed by atoms with Gasteiger partial charge in [-0.2, -0.15) is 0 Å². The zero-order chi connectivity index (χ0) is 13.3. The predicted octanol–water partition coefficient (Wildman–Crippen LogP) is -0.304. The molecule has 0 saturated carbocycles. The van der Waals surface area contributed by atoms with Gasteiger partial charge >= 0.3 is 0 Å². The molecular weight excluding hydrogens is 242 g/mol. The molecule has 0 aliphatic carbocycles. The van der Waals surface area contributed by atoms with Crippen molar-refractivity contribution < 1.29 is 13.2 Å². The number of nitrogens with two attached hydrogens (primary N) is 1. The molecule has 0 unspecified atom stereocenters. The van der Waals surface area contributed by atoms with Crippen molar-refractivity contribution in [2.45, 2.75) is 13.3 Å². The van der Waals surface area contributed by atoms with Crippen LogP contribution in [-0.2, 0) is 14.6 Å².